The molecule has 1 aromatic rings. The number of ether oxygens (including phenoxy) is 2. The fraction of sp³-hybridized carbons (Fsp3) is 0.400. The van der Waals surface area contributed by atoms with Crippen molar-refractivity contribution in [1.82, 2.24) is 0 Å². The van der Waals surface area contributed by atoms with Gasteiger partial charge in [0.25, 0.3) is 0 Å². The van der Waals surface area contributed by atoms with E-state index in [9.17, 15) is 9.90 Å². The third-order valence-corrected chi connectivity index (χ3v) is 2.85. The summed E-state index contributed by atoms with van der Waals surface area (Å²) in [7, 11) is 1.51. The Labute approximate surface area is 127 Å². The van der Waals surface area contributed by atoms with E-state index in [1.165, 1.54) is 13.2 Å². The summed E-state index contributed by atoms with van der Waals surface area (Å²) in [6, 6.07) is 3.29. The van der Waals surface area contributed by atoms with Crippen LogP contribution < -0.4 is 4.74 Å². The number of carbonyl (C=O) groups is 1. The van der Waals surface area contributed by atoms with Crippen LogP contribution in [0.15, 0.2) is 18.2 Å². The molecular formula is C15H19BrO4. The molecular weight excluding hydrogens is 324 g/mol. The first-order chi connectivity index (χ1) is 9.36. The summed E-state index contributed by atoms with van der Waals surface area (Å²) in [6.45, 7) is 5.70. The molecule has 0 radical (unpaired) electrons. The quantitative estimate of drug-likeness (QED) is 0.502. The van der Waals surface area contributed by atoms with Crippen LogP contribution in [0.3, 0.4) is 0 Å². The average Bonchev–Trinajstić information content (AvgIpc) is 2.35. The average molecular weight is 343 g/mol. The first-order valence-corrected chi connectivity index (χ1v) is 7.21. The van der Waals surface area contributed by atoms with Crippen molar-refractivity contribution in [2.24, 2.45) is 0 Å². The molecule has 0 aliphatic rings. The summed E-state index contributed by atoms with van der Waals surface area (Å²) in [6.07, 6.45) is 3.02. The molecule has 5 heteroatoms. The monoisotopic (exact) mass is 342 g/mol. The number of benzene rings is 1. The molecule has 110 valence electrons. The number of aromatic hydroxyl groups is 1. The fourth-order valence-electron chi connectivity index (χ4n) is 1.92. The zero-order valence-corrected chi connectivity index (χ0v) is 13.6. The van der Waals surface area contributed by atoms with Crippen molar-refractivity contribution in [3.63, 3.8) is 0 Å². The van der Waals surface area contributed by atoms with Gasteiger partial charge in [-0.15, -0.1) is 0 Å². The summed E-state index contributed by atoms with van der Waals surface area (Å²) < 4.78 is 10.2. The molecule has 0 aliphatic heterocycles. The van der Waals surface area contributed by atoms with Crippen molar-refractivity contribution >= 4 is 28.0 Å². The van der Waals surface area contributed by atoms with Crippen molar-refractivity contribution in [3.8, 4) is 11.5 Å². The highest BCUT2D eigenvalue weighted by Gasteiger charge is 2.15. The van der Waals surface area contributed by atoms with Crippen LogP contribution >= 0.6 is 15.9 Å². The van der Waals surface area contributed by atoms with Crippen LogP contribution in [0.2, 0.25) is 0 Å². The predicted octanol–water partition coefficient (Wildman–Crippen LogP) is 3.82. The van der Waals surface area contributed by atoms with Gasteiger partial charge >= 0.3 is 5.97 Å². The van der Waals surface area contributed by atoms with Gasteiger partial charge in [-0.2, -0.15) is 0 Å². The first kappa shape index (κ1) is 16.6. The van der Waals surface area contributed by atoms with Crippen LogP contribution in [-0.4, -0.2) is 23.2 Å². The Morgan fingerprint density at radius 3 is 2.50 bits per heavy atom. The van der Waals surface area contributed by atoms with Crippen molar-refractivity contribution in [3.05, 3.63) is 29.3 Å². The van der Waals surface area contributed by atoms with Gasteiger partial charge in [-0.05, 0) is 46.5 Å². The molecule has 0 bridgehead atoms. The number of hydrogen-bond acceptors (Lipinski definition) is 4. The largest absolute Gasteiger partial charge is 0.504 e. The molecule has 0 saturated carbocycles. The molecule has 1 rings (SSSR count). The number of esters is 1. The number of alkyl halides is 1. The van der Waals surface area contributed by atoms with Gasteiger partial charge < -0.3 is 14.6 Å². The van der Waals surface area contributed by atoms with Gasteiger partial charge in [-0.25, -0.2) is 4.79 Å². The molecule has 0 spiro atoms. The highest BCUT2D eigenvalue weighted by atomic mass is 79.9. The molecule has 0 amide bonds. The minimum atomic E-state index is -0.434. The lowest BCUT2D eigenvalue weighted by atomic mass is 9.95. The second-order valence-corrected chi connectivity index (χ2v) is 5.88. The lowest BCUT2D eigenvalue weighted by molar-refractivity contribution is -0.138. The lowest BCUT2D eigenvalue weighted by Crippen LogP contribution is -2.05. The van der Waals surface area contributed by atoms with E-state index in [4.69, 9.17) is 9.47 Å². The van der Waals surface area contributed by atoms with Gasteiger partial charge in [0.1, 0.15) is 0 Å². The molecule has 4 nitrogen and oxygen atoms in total. The Morgan fingerprint density at radius 2 is 2.00 bits per heavy atom. The highest BCUT2D eigenvalue weighted by Crippen LogP contribution is 2.37. The predicted molar refractivity (Wildman–Crippen MR) is 82.3 cm³/mol. The van der Waals surface area contributed by atoms with Crippen molar-refractivity contribution in [1.29, 1.82) is 0 Å². The molecule has 1 aromatic carbocycles. The second-order valence-electron chi connectivity index (χ2n) is 4.59. The minimum absolute atomic E-state index is 0.0880. The maximum absolute atomic E-state index is 11.5. The molecule has 0 fully saturated rings. The lowest BCUT2D eigenvalue weighted by Gasteiger charge is -2.16. The van der Waals surface area contributed by atoms with Gasteiger partial charge in [0.15, 0.2) is 16.5 Å². The van der Waals surface area contributed by atoms with E-state index in [0.29, 0.717) is 5.75 Å². The Balaban J connectivity index is 3.12. The van der Waals surface area contributed by atoms with Gasteiger partial charge in [0.05, 0.1) is 7.11 Å². The van der Waals surface area contributed by atoms with E-state index in [1.807, 2.05) is 13.8 Å². The molecule has 0 aliphatic carbocycles. The Hall–Kier alpha value is -1.49. The number of hydrogen-bond donors (Lipinski definition) is 1. The number of methoxy groups -OCH3 is 1. The van der Waals surface area contributed by atoms with Crippen molar-refractivity contribution < 1.29 is 19.4 Å². The number of phenols is 1. The number of carbonyl (C=O) groups excluding carboxylic acids is 1. The Morgan fingerprint density at radius 1 is 1.35 bits per heavy atom. The Bertz CT molecular complexity index is 507. The van der Waals surface area contributed by atoms with Crippen molar-refractivity contribution in [2.75, 3.05) is 7.11 Å². The summed E-state index contributed by atoms with van der Waals surface area (Å²) in [4.78, 5) is 11.5. The van der Waals surface area contributed by atoms with E-state index in [-0.39, 0.29) is 16.7 Å². The van der Waals surface area contributed by atoms with E-state index < -0.39 is 5.97 Å². The number of halogens is 1. The van der Waals surface area contributed by atoms with Crippen LogP contribution in [0.1, 0.15) is 37.8 Å². The zero-order valence-electron chi connectivity index (χ0n) is 12.0. The van der Waals surface area contributed by atoms with Crippen LogP contribution in [-0.2, 0) is 9.53 Å². The second kappa shape index (κ2) is 7.33. The topological polar surface area (TPSA) is 55.8 Å². The SMILES string of the molecule is COc1c(O)ccc(C=CC(=O)OC(C)Br)c1C(C)C. The number of rotatable bonds is 5. The summed E-state index contributed by atoms with van der Waals surface area (Å²) in [5.41, 5.74) is 1.66. The standard InChI is InChI=1S/C15H19BrO4/c1-9(2)14-11(5-7-12(17)15(14)19-4)6-8-13(18)20-10(3)16/h5-10,17H,1-4H3. The third-order valence-electron chi connectivity index (χ3n) is 2.67. The van der Waals surface area contributed by atoms with Gasteiger partial charge in [0, 0.05) is 11.6 Å². The third kappa shape index (κ3) is 4.27. The summed E-state index contributed by atoms with van der Waals surface area (Å²) >= 11 is 3.14. The first-order valence-electron chi connectivity index (χ1n) is 6.29. The van der Waals surface area contributed by atoms with Crippen LogP contribution in [0.4, 0.5) is 0 Å². The van der Waals surface area contributed by atoms with E-state index in [2.05, 4.69) is 15.9 Å². The van der Waals surface area contributed by atoms with Gasteiger partial charge in [-0.1, -0.05) is 19.9 Å². The van der Waals surface area contributed by atoms with Crippen LogP contribution in [0, 0.1) is 0 Å². The molecule has 1 unspecified atom stereocenters. The number of phenolic OH excluding ortho intramolecular Hbond substituents is 1. The van der Waals surface area contributed by atoms with Gasteiger partial charge in [0.2, 0.25) is 0 Å². The maximum Gasteiger partial charge on any atom is 0.331 e. The molecule has 0 heterocycles. The van der Waals surface area contributed by atoms with Crippen molar-refractivity contribution in [2.45, 2.75) is 31.7 Å². The zero-order chi connectivity index (χ0) is 15.3. The smallest absolute Gasteiger partial charge is 0.331 e. The van der Waals surface area contributed by atoms with E-state index >= 15 is 0 Å². The van der Waals surface area contributed by atoms with E-state index in [0.717, 1.165) is 11.1 Å². The molecule has 20 heavy (non-hydrogen) atoms. The summed E-state index contributed by atoms with van der Waals surface area (Å²) in [5, 5.41) is 9.48. The minimum Gasteiger partial charge on any atom is -0.504 e. The fourth-order valence-corrected chi connectivity index (χ4v) is 2.10. The van der Waals surface area contributed by atoms with E-state index in [1.54, 1.807) is 25.1 Å². The summed E-state index contributed by atoms with van der Waals surface area (Å²) in [5.74, 6) is 0.230. The molecule has 0 saturated heterocycles. The molecule has 1 N–H and O–H groups in total. The molecule has 1 atom stereocenters. The Kier molecular flexibility index (Phi) is 6.07. The normalized spacial score (nSPS) is 12.7. The van der Waals surface area contributed by atoms with Gasteiger partial charge in [-0.3, -0.25) is 0 Å². The maximum atomic E-state index is 11.5. The molecule has 0 aromatic heterocycles. The highest BCUT2D eigenvalue weighted by molar-refractivity contribution is 9.09. The van der Waals surface area contributed by atoms with Crippen LogP contribution in [0.25, 0.3) is 6.08 Å². The van der Waals surface area contributed by atoms with Crippen LogP contribution in [0.5, 0.6) is 11.5 Å².